The highest BCUT2D eigenvalue weighted by Crippen LogP contribution is 2.21. The van der Waals surface area contributed by atoms with Crippen LogP contribution in [0.1, 0.15) is 53.4 Å². The Morgan fingerprint density at radius 2 is 1.95 bits per heavy atom. The average Bonchev–Trinajstić information content (AvgIpc) is 2.27. The van der Waals surface area contributed by atoms with Crippen LogP contribution in [0.15, 0.2) is 0 Å². The molecule has 1 atom stereocenters. The van der Waals surface area contributed by atoms with Crippen molar-refractivity contribution in [2.24, 2.45) is 0 Å². The van der Waals surface area contributed by atoms with Gasteiger partial charge in [0.05, 0.1) is 6.10 Å². The lowest BCUT2D eigenvalue weighted by molar-refractivity contribution is -0.0189. The molecule has 1 amide bonds. The van der Waals surface area contributed by atoms with Gasteiger partial charge < -0.3 is 14.4 Å². The third-order valence-corrected chi connectivity index (χ3v) is 3.62. The smallest absolute Gasteiger partial charge is 0.410 e. The number of amides is 1. The van der Waals surface area contributed by atoms with Crippen LogP contribution in [0.25, 0.3) is 0 Å². The molecule has 1 fully saturated rings. The van der Waals surface area contributed by atoms with E-state index in [1.807, 2.05) is 20.8 Å². The fraction of sp³-hybridized carbons (Fsp3) is 0.929. The molecule has 1 saturated heterocycles. The molecule has 1 rings (SSSR count). The Labute approximate surface area is 124 Å². The monoisotopic (exact) mass is 335 g/mol. The van der Waals surface area contributed by atoms with Crippen molar-refractivity contribution in [3.05, 3.63) is 0 Å². The van der Waals surface area contributed by atoms with Gasteiger partial charge in [0.15, 0.2) is 0 Å². The molecule has 0 aromatic heterocycles. The van der Waals surface area contributed by atoms with Crippen LogP contribution in [0.5, 0.6) is 0 Å². The summed E-state index contributed by atoms with van der Waals surface area (Å²) in [5.74, 6) is 0. The lowest BCUT2D eigenvalue weighted by Gasteiger charge is -2.34. The van der Waals surface area contributed by atoms with E-state index in [9.17, 15) is 4.79 Å². The van der Waals surface area contributed by atoms with Crippen LogP contribution in [-0.4, -0.2) is 40.8 Å². The first-order valence-corrected chi connectivity index (χ1v) is 8.01. The molecule has 0 radical (unpaired) electrons. The third kappa shape index (κ3) is 6.61. The number of halogens is 1. The van der Waals surface area contributed by atoms with E-state index in [0.717, 1.165) is 25.7 Å². The minimum Gasteiger partial charge on any atom is -0.444 e. The molecule has 19 heavy (non-hydrogen) atoms. The SMILES string of the molecule is CCCC(Br)OC1CCN(C(=O)OC(C)(C)C)CC1. The molecule has 1 unspecified atom stereocenters. The summed E-state index contributed by atoms with van der Waals surface area (Å²) in [5.41, 5.74) is -0.424. The van der Waals surface area contributed by atoms with Gasteiger partial charge in [-0.25, -0.2) is 4.79 Å². The molecule has 1 aliphatic rings. The first-order valence-electron chi connectivity index (χ1n) is 7.09. The summed E-state index contributed by atoms with van der Waals surface area (Å²) < 4.78 is 11.3. The highest BCUT2D eigenvalue weighted by atomic mass is 79.9. The van der Waals surface area contributed by atoms with Crippen molar-refractivity contribution in [1.82, 2.24) is 4.90 Å². The maximum absolute atomic E-state index is 11.9. The van der Waals surface area contributed by atoms with Crippen molar-refractivity contribution >= 4 is 22.0 Å². The molecule has 1 aliphatic heterocycles. The zero-order valence-electron chi connectivity index (χ0n) is 12.4. The fourth-order valence-corrected chi connectivity index (χ4v) is 2.77. The number of ether oxygens (including phenoxy) is 2. The Bertz CT molecular complexity index is 283. The number of hydrogen-bond donors (Lipinski definition) is 0. The summed E-state index contributed by atoms with van der Waals surface area (Å²) in [6.45, 7) is 9.24. The van der Waals surface area contributed by atoms with Gasteiger partial charge in [0.25, 0.3) is 0 Å². The fourth-order valence-electron chi connectivity index (χ4n) is 2.00. The highest BCUT2D eigenvalue weighted by molar-refractivity contribution is 9.09. The molecule has 0 aliphatic carbocycles. The second kappa shape index (κ2) is 7.48. The minimum absolute atomic E-state index is 0.135. The molecule has 112 valence electrons. The van der Waals surface area contributed by atoms with Gasteiger partial charge in [-0.05, 0) is 40.0 Å². The van der Waals surface area contributed by atoms with E-state index in [4.69, 9.17) is 9.47 Å². The zero-order valence-corrected chi connectivity index (χ0v) is 14.0. The maximum Gasteiger partial charge on any atom is 0.410 e. The van der Waals surface area contributed by atoms with Crippen LogP contribution in [0.2, 0.25) is 0 Å². The van der Waals surface area contributed by atoms with Crippen molar-refractivity contribution in [3.8, 4) is 0 Å². The summed E-state index contributed by atoms with van der Waals surface area (Å²) in [6.07, 6.45) is 3.92. The Morgan fingerprint density at radius 1 is 1.37 bits per heavy atom. The molecule has 0 aromatic rings. The summed E-state index contributed by atoms with van der Waals surface area (Å²) in [7, 11) is 0. The second-order valence-corrected chi connectivity index (χ2v) is 7.02. The third-order valence-electron chi connectivity index (χ3n) is 2.95. The summed E-state index contributed by atoms with van der Waals surface area (Å²) >= 11 is 3.53. The van der Waals surface area contributed by atoms with Crippen molar-refractivity contribution in [1.29, 1.82) is 0 Å². The number of piperidine rings is 1. The van der Waals surface area contributed by atoms with E-state index in [2.05, 4.69) is 22.9 Å². The van der Waals surface area contributed by atoms with Crippen LogP contribution >= 0.6 is 15.9 Å². The number of carbonyl (C=O) groups is 1. The lowest BCUT2D eigenvalue weighted by atomic mass is 10.1. The molecular formula is C14H26BrNO3. The van der Waals surface area contributed by atoms with Crippen molar-refractivity contribution < 1.29 is 14.3 Å². The van der Waals surface area contributed by atoms with Gasteiger partial charge in [0.1, 0.15) is 10.6 Å². The van der Waals surface area contributed by atoms with E-state index in [1.54, 1.807) is 4.90 Å². The minimum atomic E-state index is -0.424. The lowest BCUT2D eigenvalue weighted by Crippen LogP contribution is -2.43. The van der Waals surface area contributed by atoms with Gasteiger partial charge in [-0.1, -0.05) is 29.3 Å². The van der Waals surface area contributed by atoms with E-state index < -0.39 is 5.60 Å². The van der Waals surface area contributed by atoms with Crippen LogP contribution in [0.3, 0.4) is 0 Å². The number of nitrogens with zero attached hydrogens (tertiary/aromatic N) is 1. The Balaban J connectivity index is 2.30. The van der Waals surface area contributed by atoms with Gasteiger partial charge in [-0.2, -0.15) is 0 Å². The molecule has 0 bridgehead atoms. The van der Waals surface area contributed by atoms with Gasteiger partial charge >= 0.3 is 6.09 Å². The van der Waals surface area contributed by atoms with Crippen LogP contribution in [0.4, 0.5) is 4.79 Å². The Kier molecular flexibility index (Phi) is 6.60. The van der Waals surface area contributed by atoms with Crippen LogP contribution < -0.4 is 0 Å². The first-order chi connectivity index (χ1) is 8.81. The molecule has 0 saturated carbocycles. The summed E-state index contributed by atoms with van der Waals surface area (Å²) in [6, 6.07) is 0. The molecule has 1 heterocycles. The predicted molar refractivity (Wildman–Crippen MR) is 79.5 cm³/mol. The number of hydrogen-bond acceptors (Lipinski definition) is 3. The summed E-state index contributed by atoms with van der Waals surface area (Å²) in [5, 5.41) is 0.135. The molecular weight excluding hydrogens is 310 g/mol. The van der Waals surface area contributed by atoms with Gasteiger partial charge in [-0.15, -0.1) is 0 Å². The molecule has 0 N–H and O–H groups in total. The van der Waals surface area contributed by atoms with Crippen molar-refractivity contribution in [2.45, 2.75) is 70.1 Å². The largest absolute Gasteiger partial charge is 0.444 e. The molecule has 5 heteroatoms. The average molecular weight is 336 g/mol. The Hall–Kier alpha value is -0.290. The first kappa shape index (κ1) is 16.8. The van der Waals surface area contributed by atoms with Gasteiger partial charge in [0, 0.05) is 13.1 Å². The standard InChI is InChI=1S/C14H26BrNO3/c1-5-6-12(15)18-11-7-9-16(10-8-11)13(17)19-14(2,3)4/h11-12H,5-10H2,1-4H3. The van der Waals surface area contributed by atoms with E-state index in [0.29, 0.717) is 13.1 Å². The van der Waals surface area contributed by atoms with E-state index in [-0.39, 0.29) is 17.2 Å². The topological polar surface area (TPSA) is 38.8 Å². The van der Waals surface area contributed by atoms with Crippen LogP contribution in [-0.2, 0) is 9.47 Å². The van der Waals surface area contributed by atoms with Gasteiger partial charge in [-0.3, -0.25) is 0 Å². The quantitative estimate of drug-likeness (QED) is 0.731. The molecule has 0 spiro atoms. The zero-order chi connectivity index (χ0) is 14.5. The van der Waals surface area contributed by atoms with Crippen LogP contribution in [0, 0.1) is 0 Å². The summed E-state index contributed by atoms with van der Waals surface area (Å²) in [4.78, 5) is 13.7. The van der Waals surface area contributed by atoms with E-state index in [1.165, 1.54) is 0 Å². The maximum atomic E-state index is 11.9. The molecule has 0 aromatic carbocycles. The normalized spacial score (nSPS) is 19.3. The second-order valence-electron chi connectivity index (χ2n) is 6.00. The molecule has 4 nitrogen and oxygen atoms in total. The number of alkyl halides is 1. The highest BCUT2D eigenvalue weighted by Gasteiger charge is 2.27. The van der Waals surface area contributed by atoms with Crippen molar-refractivity contribution in [2.75, 3.05) is 13.1 Å². The van der Waals surface area contributed by atoms with E-state index >= 15 is 0 Å². The number of likely N-dealkylation sites (tertiary alicyclic amines) is 1. The Morgan fingerprint density at radius 3 is 2.42 bits per heavy atom. The predicted octanol–water partition coefficient (Wildman–Crippen LogP) is 3.92. The van der Waals surface area contributed by atoms with Gasteiger partial charge in [0.2, 0.25) is 0 Å². The number of rotatable bonds is 4. The van der Waals surface area contributed by atoms with Crippen molar-refractivity contribution in [3.63, 3.8) is 0 Å². The number of carbonyl (C=O) groups excluding carboxylic acids is 1.